The van der Waals surface area contributed by atoms with Crippen molar-refractivity contribution in [2.45, 2.75) is 13.5 Å². The topological polar surface area (TPSA) is 83.8 Å². The minimum atomic E-state index is -0.456. The summed E-state index contributed by atoms with van der Waals surface area (Å²) < 4.78 is 0. The highest BCUT2D eigenvalue weighted by Crippen LogP contribution is 2.26. The van der Waals surface area contributed by atoms with E-state index < -0.39 is 4.92 Å². The minimum absolute atomic E-state index is 0.00249. The Balaban J connectivity index is 2.13. The van der Waals surface area contributed by atoms with Gasteiger partial charge in [0.2, 0.25) is 0 Å². The van der Waals surface area contributed by atoms with Gasteiger partial charge in [0.15, 0.2) is 0 Å². The molecule has 7 heteroatoms. The molecule has 0 unspecified atom stereocenters. The molecular formula is C11H11ClN4O2. The summed E-state index contributed by atoms with van der Waals surface area (Å²) in [5.41, 5.74) is 1.41. The predicted molar refractivity (Wildman–Crippen MR) is 68.8 cm³/mol. The molecule has 0 saturated heterocycles. The number of aromatic nitrogens is 2. The summed E-state index contributed by atoms with van der Waals surface area (Å²) in [5, 5.41) is 14.1. The Morgan fingerprint density at radius 1 is 1.56 bits per heavy atom. The lowest BCUT2D eigenvalue weighted by Crippen LogP contribution is -2.01. The van der Waals surface area contributed by atoms with Gasteiger partial charge in [-0.05, 0) is 13.0 Å². The fourth-order valence-electron chi connectivity index (χ4n) is 1.51. The standard InChI is InChI=1S/C11H11ClN4O2/c1-7-13-5-8(15-7)6-14-11-4-9(16(17)18)2-3-10(11)12/h2-5,14H,6H2,1H3,(H,13,15). The Morgan fingerprint density at radius 3 is 2.94 bits per heavy atom. The number of nitro benzene ring substituents is 1. The number of hydrogen-bond donors (Lipinski definition) is 2. The molecule has 0 saturated carbocycles. The third kappa shape index (κ3) is 2.78. The molecule has 6 nitrogen and oxygen atoms in total. The van der Waals surface area contributed by atoms with Crippen LogP contribution in [-0.2, 0) is 6.54 Å². The highest BCUT2D eigenvalue weighted by molar-refractivity contribution is 6.33. The highest BCUT2D eigenvalue weighted by atomic mass is 35.5. The fourth-order valence-corrected chi connectivity index (χ4v) is 1.70. The van der Waals surface area contributed by atoms with E-state index >= 15 is 0 Å². The largest absolute Gasteiger partial charge is 0.378 e. The molecule has 1 aromatic heterocycles. The average Bonchev–Trinajstić information content (AvgIpc) is 2.74. The van der Waals surface area contributed by atoms with Crippen molar-refractivity contribution in [2.24, 2.45) is 0 Å². The molecule has 0 amide bonds. The number of nitro groups is 1. The number of hydrogen-bond acceptors (Lipinski definition) is 4. The molecule has 0 aliphatic carbocycles. The summed E-state index contributed by atoms with van der Waals surface area (Å²) in [5.74, 6) is 0.817. The SMILES string of the molecule is Cc1ncc(CNc2cc([N+](=O)[O-])ccc2Cl)[nH]1. The number of imidazole rings is 1. The van der Waals surface area contributed by atoms with Crippen molar-refractivity contribution in [2.75, 3.05) is 5.32 Å². The third-order valence-electron chi connectivity index (χ3n) is 2.39. The zero-order chi connectivity index (χ0) is 13.1. The van der Waals surface area contributed by atoms with E-state index in [1.165, 1.54) is 18.2 Å². The van der Waals surface area contributed by atoms with Crippen LogP contribution in [0.25, 0.3) is 0 Å². The van der Waals surface area contributed by atoms with Gasteiger partial charge in [0.25, 0.3) is 5.69 Å². The van der Waals surface area contributed by atoms with Crippen molar-refractivity contribution in [3.63, 3.8) is 0 Å². The van der Waals surface area contributed by atoms with E-state index in [4.69, 9.17) is 11.6 Å². The number of nitrogens with one attached hydrogen (secondary N) is 2. The summed E-state index contributed by atoms with van der Waals surface area (Å²) in [4.78, 5) is 17.3. The van der Waals surface area contributed by atoms with Crippen LogP contribution in [0.4, 0.5) is 11.4 Å². The van der Waals surface area contributed by atoms with Crippen LogP contribution >= 0.6 is 11.6 Å². The van der Waals surface area contributed by atoms with Gasteiger partial charge >= 0.3 is 0 Å². The molecule has 94 valence electrons. The van der Waals surface area contributed by atoms with Crippen molar-refractivity contribution in [3.05, 3.63) is 51.1 Å². The van der Waals surface area contributed by atoms with Crippen LogP contribution < -0.4 is 5.32 Å². The number of H-pyrrole nitrogens is 1. The molecule has 0 aliphatic rings. The number of nitrogens with zero attached hydrogens (tertiary/aromatic N) is 2. The van der Waals surface area contributed by atoms with E-state index in [0.29, 0.717) is 17.3 Å². The number of rotatable bonds is 4. The van der Waals surface area contributed by atoms with Crippen molar-refractivity contribution >= 4 is 23.0 Å². The molecule has 0 fully saturated rings. The molecule has 0 bridgehead atoms. The summed E-state index contributed by atoms with van der Waals surface area (Å²) in [6, 6.07) is 4.28. The van der Waals surface area contributed by atoms with Crippen molar-refractivity contribution in [3.8, 4) is 0 Å². The molecule has 0 spiro atoms. The summed E-state index contributed by atoms with van der Waals surface area (Å²) >= 11 is 5.96. The van der Waals surface area contributed by atoms with Gasteiger partial charge in [-0.1, -0.05) is 11.6 Å². The summed E-state index contributed by atoms with van der Waals surface area (Å²) in [6.45, 7) is 2.32. The molecule has 2 aromatic rings. The minimum Gasteiger partial charge on any atom is -0.378 e. The Labute approximate surface area is 108 Å². The van der Waals surface area contributed by atoms with Gasteiger partial charge in [0.1, 0.15) is 5.82 Å². The zero-order valence-electron chi connectivity index (χ0n) is 9.61. The maximum Gasteiger partial charge on any atom is 0.271 e. The Morgan fingerprint density at radius 2 is 2.33 bits per heavy atom. The predicted octanol–water partition coefficient (Wildman–Crippen LogP) is 2.89. The van der Waals surface area contributed by atoms with E-state index in [1.54, 1.807) is 6.20 Å². The van der Waals surface area contributed by atoms with Gasteiger partial charge < -0.3 is 10.3 Å². The molecule has 2 N–H and O–H groups in total. The first-order valence-electron chi connectivity index (χ1n) is 5.24. The van der Waals surface area contributed by atoms with Crippen LogP contribution in [0.1, 0.15) is 11.5 Å². The Hall–Kier alpha value is -2.08. The van der Waals surface area contributed by atoms with Crippen molar-refractivity contribution in [1.82, 2.24) is 9.97 Å². The number of non-ortho nitro benzene ring substituents is 1. The zero-order valence-corrected chi connectivity index (χ0v) is 10.4. The van der Waals surface area contributed by atoms with Gasteiger partial charge in [-0.2, -0.15) is 0 Å². The van der Waals surface area contributed by atoms with E-state index in [9.17, 15) is 10.1 Å². The van der Waals surface area contributed by atoms with Gasteiger partial charge in [-0.25, -0.2) is 4.98 Å². The second-order valence-corrected chi connectivity index (χ2v) is 4.18. The van der Waals surface area contributed by atoms with Gasteiger partial charge in [-0.15, -0.1) is 0 Å². The molecule has 0 atom stereocenters. The molecule has 0 radical (unpaired) electrons. The quantitative estimate of drug-likeness (QED) is 0.658. The molecule has 1 heterocycles. The monoisotopic (exact) mass is 266 g/mol. The maximum atomic E-state index is 10.7. The van der Waals surface area contributed by atoms with E-state index in [-0.39, 0.29) is 5.69 Å². The van der Waals surface area contributed by atoms with Crippen molar-refractivity contribution < 1.29 is 4.92 Å². The number of anilines is 1. The van der Waals surface area contributed by atoms with Gasteiger partial charge in [0, 0.05) is 12.1 Å². The van der Waals surface area contributed by atoms with Crippen LogP contribution in [0.15, 0.2) is 24.4 Å². The van der Waals surface area contributed by atoms with Gasteiger partial charge in [-0.3, -0.25) is 10.1 Å². The first-order chi connectivity index (χ1) is 8.56. The maximum absolute atomic E-state index is 10.7. The molecule has 1 aromatic carbocycles. The average molecular weight is 267 g/mol. The summed E-state index contributed by atoms with van der Waals surface area (Å²) in [7, 11) is 0. The second kappa shape index (κ2) is 5.05. The molecule has 2 rings (SSSR count). The van der Waals surface area contributed by atoms with E-state index in [1.807, 2.05) is 6.92 Å². The fraction of sp³-hybridized carbons (Fsp3) is 0.182. The first-order valence-corrected chi connectivity index (χ1v) is 5.62. The summed E-state index contributed by atoms with van der Waals surface area (Å²) in [6.07, 6.45) is 1.70. The Bertz CT molecular complexity index is 582. The Kier molecular flexibility index (Phi) is 3.47. The number of aryl methyl sites for hydroxylation is 1. The van der Waals surface area contributed by atoms with E-state index in [0.717, 1.165) is 11.5 Å². The van der Waals surface area contributed by atoms with Crippen LogP contribution in [0.5, 0.6) is 0 Å². The third-order valence-corrected chi connectivity index (χ3v) is 2.72. The molecule has 0 aliphatic heterocycles. The number of aromatic amines is 1. The van der Waals surface area contributed by atoms with Gasteiger partial charge in [0.05, 0.1) is 34.1 Å². The van der Waals surface area contributed by atoms with Crippen LogP contribution in [-0.4, -0.2) is 14.9 Å². The van der Waals surface area contributed by atoms with Crippen LogP contribution in [0.3, 0.4) is 0 Å². The second-order valence-electron chi connectivity index (χ2n) is 3.77. The lowest BCUT2D eigenvalue weighted by molar-refractivity contribution is -0.384. The number of benzene rings is 1. The molecular weight excluding hydrogens is 256 g/mol. The van der Waals surface area contributed by atoms with E-state index in [2.05, 4.69) is 15.3 Å². The van der Waals surface area contributed by atoms with Crippen LogP contribution in [0, 0.1) is 17.0 Å². The lowest BCUT2D eigenvalue weighted by Gasteiger charge is -2.06. The number of halogens is 1. The van der Waals surface area contributed by atoms with Crippen LogP contribution in [0.2, 0.25) is 5.02 Å². The highest BCUT2D eigenvalue weighted by Gasteiger charge is 2.09. The smallest absolute Gasteiger partial charge is 0.271 e. The molecule has 18 heavy (non-hydrogen) atoms. The van der Waals surface area contributed by atoms with Crippen molar-refractivity contribution in [1.29, 1.82) is 0 Å². The normalized spacial score (nSPS) is 10.3. The first kappa shape index (κ1) is 12.4. The lowest BCUT2D eigenvalue weighted by atomic mass is 10.2.